The van der Waals surface area contributed by atoms with Gasteiger partial charge in [-0.05, 0) is 61.7 Å². The molecule has 2 unspecified atom stereocenters. The average molecular weight is 378 g/mol. The molecule has 4 rings (SSSR count). The SMILES string of the molecule is CC(Oc1ccc(C#N)cc1)C(=O)N1CCCC1c1ccc2c(c1)OCCO2. The largest absolute Gasteiger partial charge is 0.486 e. The summed E-state index contributed by atoms with van der Waals surface area (Å²) in [4.78, 5) is 14.9. The monoisotopic (exact) mass is 378 g/mol. The predicted molar refractivity (Wildman–Crippen MR) is 102 cm³/mol. The molecule has 2 aromatic rings. The number of fused-ring (bicyclic) bond motifs is 1. The third-order valence-corrected chi connectivity index (χ3v) is 5.13. The van der Waals surface area contributed by atoms with Crippen molar-refractivity contribution in [1.82, 2.24) is 4.90 Å². The maximum Gasteiger partial charge on any atom is 0.263 e. The minimum absolute atomic E-state index is 0.00958. The molecule has 0 spiro atoms. The highest BCUT2D eigenvalue weighted by Gasteiger charge is 2.34. The second-order valence-corrected chi connectivity index (χ2v) is 6.99. The van der Waals surface area contributed by atoms with Gasteiger partial charge in [0.25, 0.3) is 5.91 Å². The minimum atomic E-state index is -0.606. The van der Waals surface area contributed by atoms with Crippen molar-refractivity contribution in [2.75, 3.05) is 19.8 Å². The minimum Gasteiger partial charge on any atom is -0.486 e. The molecule has 0 aliphatic carbocycles. The second-order valence-electron chi connectivity index (χ2n) is 6.99. The van der Waals surface area contributed by atoms with E-state index in [2.05, 4.69) is 6.07 Å². The van der Waals surface area contributed by atoms with Crippen LogP contribution < -0.4 is 14.2 Å². The van der Waals surface area contributed by atoms with E-state index in [0.29, 0.717) is 31.1 Å². The van der Waals surface area contributed by atoms with Gasteiger partial charge in [0.2, 0.25) is 0 Å². The predicted octanol–water partition coefficient (Wildman–Crippen LogP) is 3.46. The van der Waals surface area contributed by atoms with E-state index in [1.54, 1.807) is 31.2 Å². The van der Waals surface area contributed by atoms with Crippen LogP contribution in [0.1, 0.15) is 36.9 Å². The molecular weight excluding hydrogens is 356 g/mol. The molecule has 28 heavy (non-hydrogen) atoms. The Morgan fingerprint density at radius 3 is 2.68 bits per heavy atom. The van der Waals surface area contributed by atoms with Crippen LogP contribution >= 0.6 is 0 Å². The van der Waals surface area contributed by atoms with Gasteiger partial charge in [-0.2, -0.15) is 5.26 Å². The third kappa shape index (κ3) is 3.61. The lowest BCUT2D eigenvalue weighted by atomic mass is 10.0. The normalized spacial score (nSPS) is 19.0. The number of hydrogen-bond acceptors (Lipinski definition) is 5. The molecule has 2 heterocycles. The molecule has 0 saturated carbocycles. The fourth-order valence-corrected chi connectivity index (χ4v) is 3.74. The molecule has 2 atom stereocenters. The van der Waals surface area contributed by atoms with Crippen molar-refractivity contribution in [3.8, 4) is 23.3 Å². The van der Waals surface area contributed by atoms with Gasteiger partial charge >= 0.3 is 0 Å². The van der Waals surface area contributed by atoms with E-state index in [1.165, 1.54) is 0 Å². The molecule has 2 aliphatic rings. The summed E-state index contributed by atoms with van der Waals surface area (Å²) in [6, 6.07) is 14.8. The van der Waals surface area contributed by atoms with E-state index in [1.807, 2.05) is 23.1 Å². The summed E-state index contributed by atoms with van der Waals surface area (Å²) < 4.78 is 17.1. The van der Waals surface area contributed by atoms with Crippen molar-refractivity contribution in [3.63, 3.8) is 0 Å². The van der Waals surface area contributed by atoms with Crippen molar-refractivity contribution < 1.29 is 19.0 Å². The number of hydrogen-bond donors (Lipinski definition) is 0. The standard InChI is InChI=1S/C22H22N2O4/c1-15(28-18-7-4-16(14-23)5-8-18)22(25)24-10-2-3-19(24)17-6-9-20-21(13-17)27-12-11-26-20/h4-9,13,15,19H,2-3,10-12H2,1H3. The highest BCUT2D eigenvalue weighted by atomic mass is 16.6. The Kier molecular flexibility index (Phi) is 5.07. The Bertz CT molecular complexity index is 904. The molecule has 1 amide bonds. The van der Waals surface area contributed by atoms with E-state index in [0.717, 1.165) is 29.9 Å². The van der Waals surface area contributed by atoms with E-state index in [9.17, 15) is 4.79 Å². The summed E-state index contributed by atoms with van der Waals surface area (Å²) in [5.74, 6) is 2.03. The van der Waals surface area contributed by atoms with Gasteiger partial charge in [0.05, 0.1) is 17.7 Å². The average Bonchev–Trinajstić information content (AvgIpc) is 3.23. The van der Waals surface area contributed by atoms with Crippen molar-refractivity contribution >= 4 is 5.91 Å². The topological polar surface area (TPSA) is 71.8 Å². The molecule has 0 N–H and O–H groups in total. The molecule has 0 radical (unpaired) electrons. The summed E-state index contributed by atoms with van der Waals surface area (Å²) in [6.07, 6.45) is 1.26. The van der Waals surface area contributed by atoms with Crippen LogP contribution in [0.5, 0.6) is 17.2 Å². The van der Waals surface area contributed by atoms with E-state index < -0.39 is 6.10 Å². The summed E-state index contributed by atoms with van der Waals surface area (Å²) in [5, 5.41) is 8.89. The highest BCUT2D eigenvalue weighted by Crippen LogP contribution is 2.38. The Labute approximate surface area is 164 Å². The first-order valence-electron chi connectivity index (χ1n) is 9.52. The summed E-state index contributed by atoms with van der Waals surface area (Å²) >= 11 is 0. The first-order valence-corrected chi connectivity index (χ1v) is 9.52. The molecule has 6 nitrogen and oxygen atoms in total. The zero-order chi connectivity index (χ0) is 19.5. The van der Waals surface area contributed by atoms with Crippen molar-refractivity contribution in [1.29, 1.82) is 5.26 Å². The first-order chi connectivity index (χ1) is 13.7. The number of likely N-dealkylation sites (tertiary alicyclic amines) is 1. The maximum absolute atomic E-state index is 13.0. The van der Waals surface area contributed by atoms with Gasteiger partial charge < -0.3 is 19.1 Å². The number of nitrogens with zero attached hydrogens (tertiary/aromatic N) is 2. The highest BCUT2D eigenvalue weighted by molar-refractivity contribution is 5.81. The Morgan fingerprint density at radius 2 is 1.93 bits per heavy atom. The molecule has 2 aliphatic heterocycles. The van der Waals surface area contributed by atoms with Crippen molar-refractivity contribution in [2.24, 2.45) is 0 Å². The Hall–Kier alpha value is -3.20. The second kappa shape index (κ2) is 7.81. The lowest BCUT2D eigenvalue weighted by Gasteiger charge is -2.29. The molecule has 1 saturated heterocycles. The lowest BCUT2D eigenvalue weighted by Crippen LogP contribution is -2.40. The quantitative estimate of drug-likeness (QED) is 0.815. The van der Waals surface area contributed by atoms with Crippen LogP contribution in [0.15, 0.2) is 42.5 Å². The summed E-state index contributed by atoms with van der Waals surface area (Å²) in [6.45, 7) is 3.57. The zero-order valence-corrected chi connectivity index (χ0v) is 15.8. The fraction of sp³-hybridized carbons (Fsp3) is 0.364. The van der Waals surface area contributed by atoms with Crippen molar-refractivity contribution in [3.05, 3.63) is 53.6 Å². The molecular formula is C22H22N2O4. The van der Waals surface area contributed by atoms with E-state index in [-0.39, 0.29) is 11.9 Å². The van der Waals surface area contributed by atoms with Crippen LogP contribution in [0.2, 0.25) is 0 Å². The van der Waals surface area contributed by atoms with Crippen molar-refractivity contribution in [2.45, 2.75) is 31.9 Å². The van der Waals surface area contributed by atoms with Crippen LogP contribution in [0, 0.1) is 11.3 Å². The van der Waals surface area contributed by atoms with Crippen LogP contribution in [-0.4, -0.2) is 36.7 Å². The van der Waals surface area contributed by atoms with Crippen LogP contribution in [0.4, 0.5) is 0 Å². The van der Waals surface area contributed by atoms with Gasteiger partial charge in [0.1, 0.15) is 19.0 Å². The number of rotatable bonds is 4. The number of nitriles is 1. The van der Waals surface area contributed by atoms with E-state index in [4.69, 9.17) is 19.5 Å². The number of ether oxygens (including phenoxy) is 3. The number of carbonyl (C=O) groups excluding carboxylic acids is 1. The molecule has 6 heteroatoms. The fourth-order valence-electron chi connectivity index (χ4n) is 3.74. The maximum atomic E-state index is 13.0. The number of benzene rings is 2. The third-order valence-electron chi connectivity index (χ3n) is 5.13. The Morgan fingerprint density at radius 1 is 1.18 bits per heavy atom. The van der Waals surface area contributed by atoms with Gasteiger partial charge in [0, 0.05) is 6.54 Å². The summed E-state index contributed by atoms with van der Waals surface area (Å²) in [5.41, 5.74) is 1.62. The van der Waals surface area contributed by atoms with Gasteiger partial charge in [-0.15, -0.1) is 0 Å². The van der Waals surface area contributed by atoms with Crippen LogP contribution in [0.3, 0.4) is 0 Å². The summed E-state index contributed by atoms with van der Waals surface area (Å²) in [7, 11) is 0. The zero-order valence-electron chi connectivity index (χ0n) is 15.8. The molecule has 1 fully saturated rings. The van der Waals surface area contributed by atoms with E-state index >= 15 is 0 Å². The molecule has 2 aromatic carbocycles. The lowest BCUT2D eigenvalue weighted by molar-refractivity contribution is -0.138. The van der Waals surface area contributed by atoms with Crippen LogP contribution in [0.25, 0.3) is 0 Å². The van der Waals surface area contributed by atoms with Gasteiger partial charge in [-0.3, -0.25) is 4.79 Å². The molecule has 0 aromatic heterocycles. The first kappa shape index (κ1) is 18.2. The Balaban J connectivity index is 1.47. The number of amides is 1. The van der Waals surface area contributed by atoms with Crippen LogP contribution in [-0.2, 0) is 4.79 Å². The van der Waals surface area contributed by atoms with Gasteiger partial charge in [-0.1, -0.05) is 6.07 Å². The molecule has 0 bridgehead atoms. The number of carbonyl (C=O) groups is 1. The molecule has 144 valence electrons. The van der Waals surface area contributed by atoms with Gasteiger partial charge in [-0.25, -0.2) is 0 Å². The smallest absolute Gasteiger partial charge is 0.263 e. The van der Waals surface area contributed by atoms with Gasteiger partial charge in [0.15, 0.2) is 17.6 Å².